The highest BCUT2D eigenvalue weighted by Crippen LogP contribution is 2.32. The zero-order valence-electron chi connectivity index (χ0n) is 20.1. The average molecular weight is 536 g/mol. The second-order valence-electron chi connectivity index (χ2n) is 8.47. The maximum absolute atomic E-state index is 12.2. The molecule has 1 amide bonds. The van der Waals surface area contributed by atoms with E-state index in [0.29, 0.717) is 31.4 Å². The fourth-order valence-corrected chi connectivity index (χ4v) is 4.03. The number of aromatic nitrogens is 4. The van der Waals surface area contributed by atoms with Crippen LogP contribution in [-0.4, -0.2) is 78.1 Å². The normalized spacial score (nSPS) is 20.9. The molecule has 1 aromatic carbocycles. The first-order valence-electron chi connectivity index (χ1n) is 11.6. The molecule has 37 heavy (non-hydrogen) atoms. The average Bonchev–Trinajstić information content (AvgIpc) is 3.40. The molecule has 1 aliphatic heterocycles. The van der Waals surface area contributed by atoms with E-state index in [1.165, 1.54) is 10.9 Å². The summed E-state index contributed by atoms with van der Waals surface area (Å²) in [5, 5.41) is 35.4. The number of carboxylic acids is 1. The molecule has 0 bridgehead atoms. The molecule has 7 N–H and O–H groups in total. The number of likely N-dealkylation sites (N-methyl/N-ethyl adjacent to an activating group) is 1. The van der Waals surface area contributed by atoms with Crippen LogP contribution in [0.3, 0.4) is 0 Å². The maximum atomic E-state index is 12.2. The number of aliphatic carboxylic acids is 1. The lowest BCUT2D eigenvalue weighted by Gasteiger charge is -2.16. The van der Waals surface area contributed by atoms with Gasteiger partial charge < -0.3 is 36.4 Å². The van der Waals surface area contributed by atoms with Gasteiger partial charge in [0.1, 0.15) is 17.7 Å². The lowest BCUT2D eigenvalue weighted by atomic mass is 10.1. The molecule has 1 aliphatic rings. The SMILES string of the molecule is CCNC(=O)[C@H]1O[C@@H](n2cnc3c(N)nc(NCCc4ccc(CCC(=O)O)cc4)nc32)C(O)C1O.Cl. The minimum Gasteiger partial charge on any atom is -0.481 e. The van der Waals surface area contributed by atoms with Crippen molar-refractivity contribution in [3.63, 3.8) is 0 Å². The Kier molecular flexibility index (Phi) is 9.21. The number of aliphatic hydroxyl groups is 2. The number of fused-ring (bicyclic) bond motifs is 1. The minimum atomic E-state index is -1.42. The van der Waals surface area contributed by atoms with E-state index in [2.05, 4.69) is 25.6 Å². The summed E-state index contributed by atoms with van der Waals surface area (Å²) in [6, 6.07) is 7.71. The number of aryl methyl sites for hydroxylation is 1. The molecular formula is C23H30ClN7O6. The van der Waals surface area contributed by atoms with Crippen LogP contribution in [0.2, 0.25) is 0 Å². The molecule has 3 aromatic rings. The fraction of sp³-hybridized carbons (Fsp3) is 0.435. The summed E-state index contributed by atoms with van der Waals surface area (Å²) in [5.74, 6) is -0.985. The highest BCUT2D eigenvalue weighted by Gasteiger charge is 2.47. The van der Waals surface area contributed by atoms with Gasteiger partial charge >= 0.3 is 5.97 Å². The van der Waals surface area contributed by atoms with Crippen LogP contribution < -0.4 is 16.4 Å². The van der Waals surface area contributed by atoms with Crippen molar-refractivity contribution in [3.05, 3.63) is 41.7 Å². The number of hydrogen-bond acceptors (Lipinski definition) is 10. The highest BCUT2D eigenvalue weighted by molar-refractivity contribution is 5.85. The number of hydrogen-bond donors (Lipinski definition) is 6. The molecule has 4 rings (SSSR count). The first-order chi connectivity index (χ1) is 17.3. The van der Waals surface area contributed by atoms with Crippen LogP contribution in [0.25, 0.3) is 11.2 Å². The molecule has 14 heteroatoms. The number of amides is 1. The van der Waals surface area contributed by atoms with Gasteiger partial charge in [0.25, 0.3) is 5.91 Å². The van der Waals surface area contributed by atoms with Crippen molar-refractivity contribution in [3.8, 4) is 0 Å². The second-order valence-corrected chi connectivity index (χ2v) is 8.47. The Labute approximate surface area is 218 Å². The minimum absolute atomic E-state index is 0. The molecule has 0 radical (unpaired) electrons. The summed E-state index contributed by atoms with van der Waals surface area (Å²) in [6.45, 7) is 2.59. The van der Waals surface area contributed by atoms with Gasteiger partial charge in [0.15, 0.2) is 23.8 Å². The number of anilines is 2. The Bertz CT molecular complexity index is 1240. The van der Waals surface area contributed by atoms with Crippen LogP contribution >= 0.6 is 12.4 Å². The topological polar surface area (TPSA) is 198 Å². The highest BCUT2D eigenvalue weighted by atomic mass is 35.5. The number of benzene rings is 1. The van der Waals surface area contributed by atoms with Gasteiger partial charge in [0.2, 0.25) is 5.95 Å². The van der Waals surface area contributed by atoms with Crippen molar-refractivity contribution in [2.75, 3.05) is 24.1 Å². The monoisotopic (exact) mass is 535 g/mol. The standard InChI is InChI=1S/C23H29N7O6.ClH/c1-2-25-21(35)18-16(33)17(34)22(36-18)30-11-27-15-19(24)28-23(29-20(15)30)26-10-9-13-5-3-12(4-6-13)7-8-14(31)32;/h3-6,11,16-18,22,33-34H,2,7-10H2,1H3,(H,25,35)(H,31,32)(H3,24,26,28,29);1H/t16?,17?,18-,22+;/m0./s1. The van der Waals surface area contributed by atoms with Gasteiger partial charge in [-0.1, -0.05) is 24.3 Å². The predicted molar refractivity (Wildman–Crippen MR) is 136 cm³/mol. The van der Waals surface area contributed by atoms with E-state index in [1.54, 1.807) is 6.92 Å². The number of carboxylic acid groups (broad SMARTS) is 1. The van der Waals surface area contributed by atoms with Gasteiger partial charge in [0.05, 0.1) is 6.33 Å². The number of halogens is 1. The summed E-state index contributed by atoms with van der Waals surface area (Å²) in [4.78, 5) is 35.8. The molecule has 2 aromatic heterocycles. The molecule has 0 saturated carbocycles. The van der Waals surface area contributed by atoms with Crippen molar-refractivity contribution in [2.24, 2.45) is 0 Å². The molecule has 0 spiro atoms. The third-order valence-electron chi connectivity index (χ3n) is 5.92. The Morgan fingerprint density at radius 1 is 1.11 bits per heavy atom. The van der Waals surface area contributed by atoms with E-state index in [9.17, 15) is 19.8 Å². The molecule has 1 saturated heterocycles. The van der Waals surface area contributed by atoms with Crippen LogP contribution in [0, 0.1) is 0 Å². The molecule has 0 aliphatic carbocycles. The fourth-order valence-electron chi connectivity index (χ4n) is 4.03. The Morgan fingerprint density at radius 3 is 2.43 bits per heavy atom. The van der Waals surface area contributed by atoms with Crippen molar-refractivity contribution < 1.29 is 29.6 Å². The van der Waals surface area contributed by atoms with Crippen LogP contribution in [-0.2, 0) is 27.2 Å². The Balaban J connectivity index is 0.00000380. The van der Waals surface area contributed by atoms with Gasteiger partial charge in [-0.25, -0.2) is 4.98 Å². The van der Waals surface area contributed by atoms with E-state index in [4.69, 9.17) is 15.6 Å². The van der Waals surface area contributed by atoms with Gasteiger partial charge in [0, 0.05) is 19.5 Å². The predicted octanol–water partition coefficient (Wildman–Crippen LogP) is 0.257. The second kappa shape index (κ2) is 12.1. The van der Waals surface area contributed by atoms with Crippen LogP contribution in [0.5, 0.6) is 0 Å². The summed E-state index contributed by atoms with van der Waals surface area (Å²) < 4.78 is 7.09. The van der Waals surface area contributed by atoms with Crippen LogP contribution in [0.4, 0.5) is 11.8 Å². The van der Waals surface area contributed by atoms with Gasteiger partial charge in [-0.2, -0.15) is 9.97 Å². The summed E-state index contributed by atoms with van der Waals surface area (Å²) in [6.07, 6.45) is -2.56. The molecular weight excluding hydrogens is 506 g/mol. The van der Waals surface area contributed by atoms with Crippen molar-refractivity contribution in [1.82, 2.24) is 24.8 Å². The third kappa shape index (κ3) is 6.25. The number of nitrogens with one attached hydrogen (secondary N) is 2. The first-order valence-corrected chi connectivity index (χ1v) is 11.6. The van der Waals surface area contributed by atoms with E-state index in [0.717, 1.165) is 11.1 Å². The number of ether oxygens (including phenoxy) is 1. The van der Waals surface area contributed by atoms with E-state index >= 15 is 0 Å². The summed E-state index contributed by atoms with van der Waals surface area (Å²) in [5.41, 5.74) is 8.65. The number of aliphatic hydroxyl groups excluding tert-OH is 2. The van der Waals surface area contributed by atoms with E-state index in [-0.39, 0.29) is 36.2 Å². The lowest BCUT2D eigenvalue weighted by molar-refractivity contribution is -0.138. The zero-order valence-corrected chi connectivity index (χ0v) is 20.9. The summed E-state index contributed by atoms with van der Waals surface area (Å²) >= 11 is 0. The Hall–Kier alpha value is -3.52. The lowest BCUT2D eigenvalue weighted by Crippen LogP contribution is -2.42. The van der Waals surface area contributed by atoms with Crippen molar-refractivity contribution in [1.29, 1.82) is 0 Å². The zero-order chi connectivity index (χ0) is 25.8. The molecule has 3 heterocycles. The number of carbonyl (C=O) groups excluding carboxylic acids is 1. The van der Waals surface area contributed by atoms with E-state index < -0.39 is 36.4 Å². The largest absolute Gasteiger partial charge is 0.481 e. The third-order valence-corrected chi connectivity index (χ3v) is 5.92. The van der Waals surface area contributed by atoms with Gasteiger partial charge in [-0.3, -0.25) is 14.2 Å². The quantitative estimate of drug-likeness (QED) is 0.208. The number of nitrogens with two attached hydrogens (primary N) is 1. The number of imidazole rings is 1. The molecule has 1 fully saturated rings. The Morgan fingerprint density at radius 2 is 1.78 bits per heavy atom. The summed E-state index contributed by atoms with van der Waals surface area (Å²) in [7, 11) is 0. The number of nitrogen functional groups attached to an aromatic ring is 1. The van der Waals surface area contributed by atoms with Gasteiger partial charge in [-0.05, 0) is 30.9 Å². The van der Waals surface area contributed by atoms with Crippen LogP contribution in [0.1, 0.15) is 30.7 Å². The van der Waals surface area contributed by atoms with Gasteiger partial charge in [-0.15, -0.1) is 12.4 Å². The first kappa shape index (κ1) is 28.1. The molecule has 13 nitrogen and oxygen atoms in total. The van der Waals surface area contributed by atoms with Crippen molar-refractivity contribution in [2.45, 2.75) is 50.7 Å². The maximum Gasteiger partial charge on any atom is 0.303 e. The molecule has 4 atom stereocenters. The molecule has 200 valence electrons. The number of nitrogens with zero attached hydrogens (tertiary/aromatic N) is 4. The molecule has 2 unspecified atom stereocenters. The number of carbonyl (C=O) groups is 2. The number of rotatable bonds is 10. The smallest absolute Gasteiger partial charge is 0.303 e. The van der Waals surface area contributed by atoms with E-state index in [1.807, 2.05) is 24.3 Å². The van der Waals surface area contributed by atoms with Crippen LogP contribution in [0.15, 0.2) is 30.6 Å². The van der Waals surface area contributed by atoms with Crippen molar-refractivity contribution >= 4 is 47.2 Å².